The molecule has 2 rings (SSSR count). The number of Topliss-reactive ketones (excluding diaryl/α,β-unsaturated/α-hetero) is 1. The molecule has 0 radical (unpaired) electrons. The Balaban J connectivity index is 1.84. The topological polar surface area (TPSA) is 17.1 Å². The number of hydrogen-bond acceptors (Lipinski definition) is 1. The van der Waals surface area contributed by atoms with Gasteiger partial charge in [-0.2, -0.15) is 0 Å². The van der Waals surface area contributed by atoms with Gasteiger partial charge in [-0.1, -0.05) is 49.7 Å². The first-order valence-electron chi connectivity index (χ1n) is 7.55. The van der Waals surface area contributed by atoms with Crippen molar-refractivity contribution >= 4 is 5.78 Å². The fraction of sp³-hybridized carbons (Fsp3) is 0.316. The van der Waals surface area contributed by atoms with Crippen LogP contribution in [0, 0.1) is 5.82 Å². The van der Waals surface area contributed by atoms with Gasteiger partial charge in [0, 0.05) is 12.0 Å². The number of halogens is 1. The minimum absolute atomic E-state index is 0.162. The molecular weight excluding hydrogens is 263 g/mol. The summed E-state index contributed by atoms with van der Waals surface area (Å²) in [5, 5.41) is 0. The van der Waals surface area contributed by atoms with Gasteiger partial charge in [-0.25, -0.2) is 4.39 Å². The van der Waals surface area contributed by atoms with Crippen LogP contribution in [0.3, 0.4) is 0 Å². The maximum atomic E-state index is 13.1. The van der Waals surface area contributed by atoms with Gasteiger partial charge in [0.15, 0.2) is 5.78 Å². The summed E-state index contributed by atoms with van der Waals surface area (Å²) in [6, 6.07) is 14.5. The van der Waals surface area contributed by atoms with E-state index in [9.17, 15) is 9.18 Å². The van der Waals surface area contributed by atoms with Crippen LogP contribution in [-0.4, -0.2) is 5.78 Å². The van der Waals surface area contributed by atoms with Crippen LogP contribution in [0.5, 0.6) is 0 Å². The molecule has 0 fully saturated rings. The summed E-state index contributed by atoms with van der Waals surface area (Å²) in [6.45, 7) is 2.14. The second-order valence-electron chi connectivity index (χ2n) is 5.35. The molecule has 0 aliphatic carbocycles. The lowest BCUT2D eigenvalue weighted by Crippen LogP contribution is -2.00. The lowest BCUT2D eigenvalue weighted by atomic mass is 10.0. The van der Waals surface area contributed by atoms with Crippen molar-refractivity contribution in [3.8, 4) is 0 Å². The van der Waals surface area contributed by atoms with Crippen molar-refractivity contribution < 1.29 is 9.18 Å². The first kappa shape index (κ1) is 15.4. The number of carbonyl (C=O) groups is 1. The number of aryl methyl sites for hydroxylation is 2. The Bertz CT molecular complexity index is 587. The zero-order valence-corrected chi connectivity index (χ0v) is 12.4. The highest BCUT2D eigenvalue weighted by Crippen LogP contribution is 2.12. The van der Waals surface area contributed by atoms with Crippen LogP contribution in [-0.2, 0) is 12.8 Å². The Morgan fingerprint density at radius 3 is 2.43 bits per heavy atom. The Morgan fingerprint density at radius 1 is 1.00 bits per heavy atom. The molecule has 0 amide bonds. The first-order valence-corrected chi connectivity index (χ1v) is 7.55. The third kappa shape index (κ3) is 4.82. The molecule has 0 aliphatic rings. The van der Waals surface area contributed by atoms with Crippen LogP contribution in [0.25, 0.3) is 0 Å². The Hall–Kier alpha value is -1.96. The third-order valence-electron chi connectivity index (χ3n) is 3.57. The van der Waals surface area contributed by atoms with E-state index in [1.54, 1.807) is 6.07 Å². The summed E-state index contributed by atoms with van der Waals surface area (Å²) in [5.41, 5.74) is 2.99. The molecule has 0 spiro atoms. The highest BCUT2D eigenvalue weighted by Gasteiger charge is 2.06. The van der Waals surface area contributed by atoms with Crippen molar-refractivity contribution in [1.29, 1.82) is 0 Å². The zero-order chi connectivity index (χ0) is 15.1. The molecule has 0 bridgehead atoms. The van der Waals surface area contributed by atoms with Crippen molar-refractivity contribution in [2.24, 2.45) is 0 Å². The highest BCUT2D eigenvalue weighted by atomic mass is 19.1. The van der Waals surface area contributed by atoms with E-state index in [4.69, 9.17) is 0 Å². The Kier molecular flexibility index (Phi) is 5.68. The predicted octanol–water partition coefficient (Wildman–Crippen LogP) is 4.98. The molecule has 110 valence electrons. The smallest absolute Gasteiger partial charge is 0.162 e. The lowest BCUT2D eigenvalue weighted by molar-refractivity contribution is 0.0980. The summed E-state index contributed by atoms with van der Waals surface area (Å²) in [4.78, 5) is 12.1. The molecule has 0 N–H and O–H groups in total. The molecular formula is C19H21FO. The van der Waals surface area contributed by atoms with Gasteiger partial charge in [0.25, 0.3) is 0 Å². The van der Waals surface area contributed by atoms with E-state index >= 15 is 0 Å². The van der Waals surface area contributed by atoms with E-state index in [1.807, 2.05) is 30.3 Å². The van der Waals surface area contributed by atoms with Gasteiger partial charge in [-0.05, 0) is 42.5 Å². The predicted molar refractivity (Wildman–Crippen MR) is 84.1 cm³/mol. The largest absolute Gasteiger partial charge is 0.294 e. The number of ketones is 1. The average molecular weight is 284 g/mol. The van der Waals surface area contributed by atoms with Crippen LogP contribution < -0.4 is 0 Å². The van der Waals surface area contributed by atoms with Crippen molar-refractivity contribution in [1.82, 2.24) is 0 Å². The quantitative estimate of drug-likeness (QED) is 0.655. The van der Waals surface area contributed by atoms with E-state index in [2.05, 4.69) is 6.92 Å². The molecule has 0 saturated heterocycles. The molecule has 0 aliphatic heterocycles. The second kappa shape index (κ2) is 7.72. The molecule has 2 heteroatoms. The molecule has 0 saturated carbocycles. The SMILES string of the molecule is CCCc1ccc(C(=O)CCCc2cccc(F)c2)cc1. The van der Waals surface area contributed by atoms with Crippen LogP contribution in [0.2, 0.25) is 0 Å². The highest BCUT2D eigenvalue weighted by molar-refractivity contribution is 5.96. The summed E-state index contributed by atoms with van der Waals surface area (Å²) >= 11 is 0. The summed E-state index contributed by atoms with van der Waals surface area (Å²) in [7, 11) is 0. The molecule has 21 heavy (non-hydrogen) atoms. The number of carbonyl (C=O) groups excluding carboxylic acids is 1. The Labute approximate surface area is 125 Å². The van der Waals surface area contributed by atoms with Crippen molar-refractivity contribution in [2.45, 2.75) is 39.0 Å². The van der Waals surface area contributed by atoms with Gasteiger partial charge < -0.3 is 0 Å². The second-order valence-corrected chi connectivity index (χ2v) is 5.35. The minimum Gasteiger partial charge on any atom is -0.294 e. The molecule has 1 nitrogen and oxygen atoms in total. The van der Waals surface area contributed by atoms with E-state index in [0.29, 0.717) is 6.42 Å². The Morgan fingerprint density at radius 2 is 1.76 bits per heavy atom. The summed E-state index contributed by atoms with van der Waals surface area (Å²) in [6.07, 6.45) is 4.15. The standard InChI is InChI=1S/C19H21FO/c1-2-5-15-10-12-17(13-11-15)19(21)9-4-7-16-6-3-8-18(20)14-16/h3,6,8,10-14H,2,4-5,7,9H2,1H3. The third-order valence-corrected chi connectivity index (χ3v) is 3.57. The van der Waals surface area contributed by atoms with Gasteiger partial charge in [0.2, 0.25) is 0 Å². The van der Waals surface area contributed by atoms with Crippen molar-refractivity contribution in [3.05, 3.63) is 71.0 Å². The fourth-order valence-corrected chi connectivity index (χ4v) is 2.44. The van der Waals surface area contributed by atoms with Gasteiger partial charge in [0.05, 0.1) is 0 Å². The molecule has 2 aromatic carbocycles. The summed E-state index contributed by atoms with van der Waals surface area (Å²) < 4.78 is 13.1. The van der Waals surface area contributed by atoms with E-state index in [-0.39, 0.29) is 11.6 Å². The van der Waals surface area contributed by atoms with E-state index in [1.165, 1.54) is 17.7 Å². The van der Waals surface area contributed by atoms with Crippen LogP contribution in [0.1, 0.15) is 47.7 Å². The molecule has 0 aromatic heterocycles. The van der Waals surface area contributed by atoms with E-state index in [0.717, 1.165) is 36.8 Å². The van der Waals surface area contributed by atoms with Gasteiger partial charge in [-0.15, -0.1) is 0 Å². The normalized spacial score (nSPS) is 10.6. The summed E-state index contributed by atoms with van der Waals surface area (Å²) in [5.74, 6) is -0.0557. The van der Waals surface area contributed by atoms with Crippen LogP contribution in [0.4, 0.5) is 4.39 Å². The molecule has 0 heterocycles. The van der Waals surface area contributed by atoms with Crippen molar-refractivity contribution in [2.75, 3.05) is 0 Å². The zero-order valence-electron chi connectivity index (χ0n) is 12.4. The van der Waals surface area contributed by atoms with Gasteiger partial charge >= 0.3 is 0 Å². The average Bonchev–Trinajstić information content (AvgIpc) is 2.48. The first-order chi connectivity index (χ1) is 10.2. The monoisotopic (exact) mass is 284 g/mol. The minimum atomic E-state index is -0.217. The van der Waals surface area contributed by atoms with E-state index < -0.39 is 0 Å². The molecule has 0 atom stereocenters. The fourth-order valence-electron chi connectivity index (χ4n) is 2.44. The number of hydrogen-bond donors (Lipinski definition) is 0. The number of rotatable bonds is 7. The van der Waals surface area contributed by atoms with Gasteiger partial charge in [-0.3, -0.25) is 4.79 Å². The lowest BCUT2D eigenvalue weighted by Gasteiger charge is -2.04. The van der Waals surface area contributed by atoms with Crippen molar-refractivity contribution in [3.63, 3.8) is 0 Å². The maximum absolute atomic E-state index is 13.1. The van der Waals surface area contributed by atoms with Crippen LogP contribution >= 0.6 is 0 Å². The molecule has 0 unspecified atom stereocenters. The maximum Gasteiger partial charge on any atom is 0.162 e. The number of benzene rings is 2. The molecule has 2 aromatic rings. The van der Waals surface area contributed by atoms with Gasteiger partial charge in [0.1, 0.15) is 5.82 Å². The van der Waals surface area contributed by atoms with Crippen LogP contribution in [0.15, 0.2) is 48.5 Å².